The molecule has 1 aromatic heterocycles. The van der Waals surface area contributed by atoms with E-state index in [1.807, 2.05) is 26.2 Å². The van der Waals surface area contributed by atoms with Gasteiger partial charge in [-0.3, -0.25) is 4.68 Å². The molecule has 1 heterocycles. The zero-order valence-corrected chi connectivity index (χ0v) is 10.3. The van der Waals surface area contributed by atoms with Crippen LogP contribution in [0, 0.1) is 18.3 Å². The van der Waals surface area contributed by atoms with Gasteiger partial charge in [0.15, 0.2) is 0 Å². The van der Waals surface area contributed by atoms with Gasteiger partial charge in [-0.1, -0.05) is 11.6 Å². The van der Waals surface area contributed by atoms with Gasteiger partial charge < -0.3 is 5.32 Å². The van der Waals surface area contributed by atoms with Crippen molar-refractivity contribution in [1.82, 2.24) is 9.78 Å². The highest BCUT2D eigenvalue weighted by Gasteiger charge is 2.06. The minimum Gasteiger partial charge on any atom is -0.352 e. The molecule has 0 saturated carbocycles. The van der Waals surface area contributed by atoms with Crippen LogP contribution in [0.2, 0.25) is 5.02 Å². The second-order valence-electron chi connectivity index (χ2n) is 3.73. The first kappa shape index (κ1) is 11.5. The summed E-state index contributed by atoms with van der Waals surface area (Å²) in [6.45, 7) is 1.92. The molecule has 0 aliphatic heterocycles. The number of nitrogens with zero attached hydrogens (tertiary/aromatic N) is 3. The highest BCUT2D eigenvalue weighted by atomic mass is 35.5. The van der Waals surface area contributed by atoms with Gasteiger partial charge in [0, 0.05) is 13.2 Å². The summed E-state index contributed by atoms with van der Waals surface area (Å²) in [6.07, 6.45) is 1.88. The maximum Gasteiger partial charge on any atom is 0.0992 e. The van der Waals surface area contributed by atoms with E-state index < -0.39 is 0 Å². The maximum absolute atomic E-state index is 8.75. The van der Waals surface area contributed by atoms with Crippen LogP contribution in [-0.2, 0) is 7.05 Å². The van der Waals surface area contributed by atoms with Crippen LogP contribution < -0.4 is 5.32 Å². The fourth-order valence-corrected chi connectivity index (χ4v) is 1.78. The van der Waals surface area contributed by atoms with Crippen molar-refractivity contribution in [2.45, 2.75) is 6.92 Å². The molecule has 0 atom stereocenters. The van der Waals surface area contributed by atoms with Gasteiger partial charge >= 0.3 is 0 Å². The Labute approximate surface area is 104 Å². The van der Waals surface area contributed by atoms with Gasteiger partial charge in [-0.25, -0.2) is 0 Å². The van der Waals surface area contributed by atoms with E-state index in [1.54, 1.807) is 22.9 Å². The highest BCUT2D eigenvalue weighted by Crippen LogP contribution is 2.27. The molecule has 5 heteroatoms. The topological polar surface area (TPSA) is 53.6 Å². The molecule has 0 saturated heterocycles. The highest BCUT2D eigenvalue weighted by molar-refractivity contribution is 6.33. The summed E-state index contributed by atoms with van der Waals surface area (Å²) in [4.78, 5) is 0. The van der Waals surface area contributed by atoms with Crippen molar-refractivity contribution in [2.24, 2.45) is 7.05 Å². The Kier molecular flexibility index (Phi) is 3.03. The van der Waals surface area contributed by atoms with Gasteiger partial charge in [-0.15, -0.1) is 0 Å². The molecule has 0 unspecified atom stereocenters. The summed E-state index contributed by atoms with van der Waals surface area (Å²) < 4.78 is 1.73. The molecular weight excluding hydrogens is 236 g/mol. The number of nitriles is 1. The predicted octanol–water partition coefficient (Wildman–Crippen LogP) is 3.00. The molecule has 0 radical (unpaired) electrons. The predicted molar refractivity (Wildman–Crippen MR) is 67.4 cm³/mol. The zero-order chi connectivity index (χ0) is 12.4. The Hall–Kier alpha value is -1.99. The number of hydrogen-bond acceptors (Lipinski definition) is 3. The normalized spacial score (nSPS) is 10.0. The van der Waals surface area contributed by atoms with Gasteiger partial charge in [0.25, 0.3) is 0 Å². The number of benzene rings is 1. The molecule has 2 rings (SSSR count). The number of halogens is 1. The van der Waals surface area contributed by atoms with Crippen molar-refractivity contribution in [1.29, 1.82) is 5.26 Å². The number of anilines is 2. The molecule has 0 spiro atoms. The van der Waals surface area contributed by atoms with E-state index in [4.69, 9.17) is 16.9 Å². The van der Waals surface area contributed by atoms with E-state index >= 15 is 0 Å². The quantitative estimate of drug-likeness (QED) is 0.886. The van der Waals surface area contributed by atoms with Crippen LogP contribution in [0.25, 0.3) is 0 Å². The zero-order valence-electron chi connectivity index (χ0n) is 9.53. The van der Waals surface area contributed by atoms with Crippen LogP contribution in [0.3, 0.4) is 0 Å². The average Bonchev–Trinajstić information content (AvgIpc) is 2.60. The molecule has 2 aromatic rings. The molecule has 0 aliphatic rings. The Balaban J connectivity index is 2.31. The molecule has 0 aliphatic carbocycles. The Morgan fingerprint density at radius 2 is 2.18 bits per heavy atom. The first-order valence-electron chi connectivity index (χ1n) is 5.07. The second-order valence-corrected chi connectivity index (χ2v) is 4.14. The monoisotopic (exact) mass is 246 g/mol. The minimum atomic E-state index is 0.521. The summed E-state index contributed by atoms with van der Waals surface area (Å²) in [7, 11) is 1.86. The van der Waals surface area contributed by atoms with Crippen molar-refractivity contribution in [3.63, 3.8) is 0 Å². The van der Waals surface area contributed by atoms with E-state index in [2.05, 4.69) is 10.4 Å². The third-order valence-electron chi connectivity index (χ3n) is 2.38. The third kappa shape index (κ3) is 2.40. The van der Waals surface area contributed by atoms with Crippen LogP contribution >= 0.6 is 11.6 Å². The minimum absolute atomic E-state index is 0.521. The summed E-state index contributed by atoms with van der Waals surface area (Å²) in [5, 5.41) is 16.7. The van der Waals surface area contributed by atoms with Crippen molar-refractivity contribution < 1.29 is 0 Å². The van der Waals surface area contributed by atoms with E-state index in [-0.39, 0.29) is 0 Å². The van der Waals surface area contributed by atoms with E-state index in [9.17, 15) is 0 Å². The Bertz CT molecular complexity index is 595. The standard InChI is InChI=1S/C12H11ClN4/c1-8-12(7-17(2)16-8)15-11-4-3-9(6-14)5-10(11)13/h3-5,7,15H,1-2H3. The van der Waals surface area contributed by atoms with Crippen LogP contribution in [0.15, 0.2) is 24.4 Å². The van der Waals surface area contributed by atoms with Crippen LogP contribution in [0.5, 0.6) is 0 Å². The van der Waals surface area contributed by atoms with E-state index in [1.165, 1.54) is 0 Å². The molecule has 0 amide bonds. The first-order chi connectivity index (χ1) is 8.10. The Morgan fingerprint density at radius 3 is 2.71 bits per heavy atom. The lowest BCUT2D eigenvalue weighted by molar-refractivity contribution is 0.756. The first-order valence-corrected chi connectivity index (χ1v) is 5.45. The number of rotatable bonds is 2. The lowest BCUT2D eigenvalue weighted by Crippen LogP contribution is -1.92. The SMILES string of the molecule is Cc1nn(C)cc1Nc1ccc(C#N)cc1Cl. The fourth-order valence-electron chi connectivity index (χ4n) is 1.55. The van der Waals surface area contributed by atoms with Crippen LogP contribution in [0.4, 0.5) is 11.4 Å². The number of aryl methyl sites for hydroxylation is 2. The lowest BCUT2D eigenvalue weighted by atomic mass is 10.2. The molecule has 17 heavy (non-hydrogen) atoms. The van der Waals surface area contributed by atoms with Gasteiger partial charge in [-0.2, -0.15) is 10.4 Å². The van der Waals surface area contributed by atoms with Gasteiger partial charge in [0.05, 0.1) is 33.7 Å². The van der Waals surface area contributed by atoms with Crippen LogP contribution in [0.1, 0.15) is 11.3 Å². The van der Waals surface area contributed by atoms with Crippen molar-refractivity contribution in [3.8, 4) is 6.07 Å². The second kappa shape index (κ2) is 4.48. The molecule has 86 valence electrons. The number of nitrogens with one attached hydrogen (secondary N) is 1. The van der Waals surface area contributed by atoms with Gasteiger partial charge in [-0.05, 0) is 25.1 Å². The molecule has 4 nitrogen and oxygen atoms in total. The largest absolute Gasteiger partial charge is 0.352 e. The van der Waals surface area contributed by atoms with Gasteiger partial charge in [0.2, 0.25) is 0 Å². The van der Waals surface area contributed by atoms with Crippen LogP contribution in [-0.4, -0.2) is 9.78 Å². The van der Waals surface area contributed by atoms with Gasteiger partial charge in [0.1, 0.15) is 0 Å². The van der Waals surface area contributed by atoms with Crippen molar-refractivity contribution in [3.05, 3.63) is 40.7 Å². The molecule has 1 aromatic carbocycles. The summed E-state index contributed by atoms with van der Waals surface area (Å²) >= 11 is 6.08. The molecular formula is C12H11ClN4. The summed E-state index contributed by atoms with van der Waals surface area (Å²) in [5.74, 6) is 0. The molecule has 0 fully saturated rings. The maximum atomic E-state index is 8.75. The van der Waals surface area contributed by atoms with E-state index in [0.29, 0.717) is 10.6 Å². The summed E-state index contributed by atoms with van der Waals surface area (Å²) in [5.41, 5.74) is 3.11. The smallest absolute Gasteiger partial charge is 0.0992 e. The molecule has 0 bridgehead atoms. The average molecular weight is 247 g/mol. The number of hydrogen-bond donors (Lipinski definition) is 1. The summed E-state index contributed by atoms with van der Waals surface area (Å²) in [6, 6.07) is 7.19. The fraction of sp³-hybridized carbons (Fsp3) is 0.167. The molecule has 1 N–H and O–H groups in total. The van der Waals surface area contributed by atoms with E-state index in [0.717, 1.165) is 17.1 Å². The van der Waals surface area contributed by atoms with Crippen molar-refractivity contribution in [2.75, 3.05) is 5.32 Å². The lowest BCUT2D eigenvalue weighted by Gasteiger charge is -2.06. The number of aromatic nitrogens is 2. The third-order valence-corrected chi connectivity index (χ3v) is 2.69. The van der Waals surface area contributed by atoms with Crippen molar-refractivity contribution >= 4 is 23.0 Å². The Morgan fingerprint density at radius 1 is 1.41 bits per heavy atom.